The van der Waals surface area contributed by atoms with Crippen LogP contribution in [0.4, 0.5) is 5.69 Å². The molecule has 1 heterocycles. The molecule has 35 heavy (non-hydrogen) atoms. The Morgan fingerprint density at radius 2 is 1.83 bits per heavy atom. The van der Waals surface area contributed by atoms with Gasteiger partial charge in [-0.3, -0.25) is 9.78 Å². The molecule has 0 radical (unpaired) electrons. The summed E-state index contributed by atoms with van der Waals surface area (Å²) in [5, 5.41) is 3.60. The average molecular weight is 576 g/mol. The second kappa shape index (κ2) is 10.2. The molecule has 1 aliphatic carbocycles. The van der Waals surface area contributed by atoms with Crippen LogP contribution in [0.3, 0.4) is 0 Å². The van der Waals surface area contributed by atoms with E-state index in [2.05, 4.69) is 40.0 Å². The van der Waals surface area contributed by atoms with Gasteiger partial charge in [0.25, 0.3) is 5.91 Å². The van der Waals surface area contributed by atoms with E-state index in [1.165, 1.54) is 5.56 Å². The van der Waals surface area contributed by atoms with Gasteiger partial charge in [-0.25, -0.2) is 4.79 Å². The van der Waals surface area contributed by atoms with Crippen molar-refractivity contribution in [2.45, 2.75) is 32.1 Å². The van der Waals surface area contributed by atoms with E-state index in [1.807, 2.05) is 67.6 Å². The first-order valence-corrected chi connectivity index (χ1v) is 12.8. The Bertz CT molecular complexity index is 1420. The maximum Gasteiger partial charge on any atom is 0.339 e. The molecule has 0 bridgehead atoms. The van der Waals surface area contributed by atoms with Gasteiger partial charge in [0.05, 0.1) is 11.1 Å². The van der Waals surface area contributed by atoms with Gasteiger partial charge in [-0.2, -0.15) is 0 Å². The zero-order valence-electron chi connectivity index (χ0n) is 19.4. The quantitative estimate of drug-likeness (QED) is 0.227. The Labute approximate surface area is 218 Å². The maximum atomic E-state index is 13.4. The number of carbonyl (C=O) groups is 2. The van der Waals surface area contributed by atoms with E-state index in [0.29, 0.717) is 17.2 Å². The van der Waals surface area contributed by atoms with Crippen LogP contribution in [0.15, 0.2) is 72.8 Å². The highest BCUT2D eigenvalue weighted by Gasteiger charge is 2.28. The second-order valence-corrected chi connectivity index (χ2v) is 10.1. The van der Waals surface area contributed by atoms with Crippen molar-refractivity contribution in [3.63, 3.8) is 0 Å². The second-order valence-electron chi connectivity index (χ2n) is 8.86. The molecule has 4 aromatic rings. The molecule has 0 spiro atoms. The first kappa shape index (κ1) is 23.5. The fourth-order valence-electron chi connectivity index (χ4n) is 4.79. The number of rotatable bonds is 5. The predicted octanol–water partition coefficient (Wildman–Crippen LogP) is 6.22. The van der Waals surface area contributed by atoms with Crippen molar-refractivity contribution in [2.75, 3.05) is 11.9 Å². The molecule has 0 saturated heterocycles. The summed E-state index contributed by atoms with van der Waals surface area (Å²) in [4.78, 5) is 30.9. The average Bonchev–Trinajstić information content (AvgIpc) is 2.87. The Kier molecular flexibility index (Phi) is 6.81. The highest BCUT2D eigenvalue weighted by Crippen LogP contribution is 2.36. The zero-order valence-corrected chi connectivity index (χ0v) is 21.5. The molecular weight excluding hydrogens is 551 g/mol. The fraction of sp³-hybridized carbons (Fsp3) is 0.207. The third-order valence-corrected chi connectivity index (χ3v) is 7.20. The minimum atomic E-state index is -0.483. The number of hydrogen-bond donors (Lipinski definition) is 1. The molecular formula is C29H25IN2O3. The van der Waals surface area contributed by atoms with Gasteiger partial charge in [0, 0.05) is 20.3 Å². The van der Waals surface area contributed by atoms with Crippen LogP contribution in [-0.2, 0) is 22.4 Å². The zero-order chi connectivity index (χ0) is 24.4. The first-order valence-electron chi connectivity index (χ1n) is 11.7. The van der Waals surface area contributed by atoms with Crippen molar-refractivity contribution in [3.8, 4) is 0 Å². The van der Waals surface area contributed by atoms with Gasteiger partial charge in [0.2, 0.25) is 0 Å². The number of anilines is 1. The van der Waals surface area contributed by atoms with Gasteiger partial charge in [0.1, 0.15) is 0 Å². The molecule has 176 valence electrons. The monoisotopic (exact) mass is 576 g/mol. The summed E-state index contributed by atoms with van der Waals surface area (Å²) in [5.41, 5.74) is 6.11. The molecule has 5 rings (SSSR count). The van der Waals surface area contributed by atoms with E-state index in [0.717, 1.165) is 50.6 Å². The standard InChI is InChI=1S/C29H25IN2O3/c1-18-15-21(30)12-14-24(18)32-27(33)17-35-29(34)28-22-9-5-6-10-25(22)31-26-13-11-20(16-23(26)28)19-7-3-2-4-8-19/h2-10,12,14-15,20H,11,13,16-17H2,1H3,(H,32,33). The molecule has 0 saturated carbocycles. The lowest BCUT2D eigenvalue weighted by molar-refractivity contribution is -0.119. The van der Waals surface area contributed by atoms with Crippen molar-refractivity contribution in [2.24, 2.45) is 0 Å². The van der Waals surface area contributed by atoms with E-state index in [4.69, 9.17) is 9.72 Å². The Hall–Kier alpha value is -3.26. The summed E-state index contributed by atoms with van der Waals surface area (Å²) < 4.78 is 6.65. The molecule has 1 amide bonds. The summed E-state index contributed by atoms with van der Waals surface area (Å²) in [7, 11) is 0. The molecule has 6 heteroatoms. The van der Waals surface area contributed by atoms with Gasteiger partial charge >= 0.3 is 5.97 Å². The van der Waals surface area contributed by atoms with Crippen LogP contribution in [0.2, 0.25) is 0 Å². The number of nitrogens with one attached hydrogen (secondary N) is 1. The number of hydrogen-bond acceptors (Lipinski definition) is 4. The van der Waals surface area contributed by atoms with Crippen LogP contribution in [0.5, 0.6) is 0 Å². The van der Waals surface area contributed by atoms with Crippen LogP contribution in [0.25, 0.3) is 10.9 Å². The fourth-order valence-corrected chi connectivity index (χ4v) is 5.44. The topological polar surface area (TPSA) is 68.3 Å². The van der Waals surface area contributed by atoms with E-state index in [1.54, 1.807) is 0 Å². The van der Waals surface area contributed by atoms with Crippen LogP contribution in [-0.4, -0.2) is 23.5 Å². The van der Waals surface area contributed by atoms with Crippen LogP contribution < -0.4 is 5.32 Å². The third-order valence-electron chi connectivity index (χ3n) is 6.53. The molecule has 1 atom stereocenters. The smallest absolute Gasteiger partial charge is 0.339 e. The van der Waals surface area contributed by atoms with E-state index >= 15 is 0 Å². The van der Waals surface area contributed by atoms with Crippen molar-refractivity contribution in [1.29, 1.82) is 0 Å². The predicted molar refractivity (Wildman–Crippen MR) is 146 cm³/mol. The number of benzene rings is 3. The van der Waals surface area contributed by atoms with Crippen molar-refractivity contribution < 1.29 is 14.3 Å². The van der Waals surface area contributed by atoms with Crippen LogP contribution in [0, 0.1) is 10.5 Å². The molecule has 0 aliphatic heterocycles. The number of fused-ring (bicyclic) bond motifs is 2. The number of para-hydroxylation sites is 1. The molecule has 1 aliphatic rings. The van der Waals surface area contributed by atoms with Crippen molar-refractivity contribution in [3.05, 3.63) is 104 Å². The largest absolute Gasteiger partial charge is 0.452 e. The van der Waals surface area contributed by atoms with Gasteiger partial charge in [-0.1, -0.05) is 48.5 Å². The normalized spacial score (nSPS) is 14.9. The molecule has 1 aromatic heterocycles. The van der Waals surface area contributed by atoms with Crippen molar-refractivity contribution in [1.82, 2.24) is 4.98 Å². The summed E-state index contributed by atoms with van der Waals surface area (Å²) >= 11 is 2.23. The van der Waals surface area contributed by atoms with Gasteiger partial charge in [-0.15, -0.1) is 0 Å². The third kappa shape index (κ3) is 5.07. The lowest BCUT2D eigenvalue weighted by atomic mass is 9.80. The van der Waals surface area contributed by atoms with Crippen LogP contribution >= 0.6 is 22.6 Å². The van der Waals surface area contributed by atoms with Crippen molar-refractivity contribution >= 4 is 51.1 Å². The minimum absolute atomic E-state index is 0.311. The molecule has 1 unspecified atom stereocenters. The number of pyridine rings is 1. The Morgan fingerprint density at radius 1 is 1.06 bits per heavy atom. The number of halogens is 1. The molecule has 5 nitrogen and oxygen atoms in total. The lowest BCUT2D eigenvalue weighted by Crippen LogP contribution is -2.24. The van der Waals surface area contributed by atoms with Gasteiger partial charge in [-0.05, 0) is 95.7 Å². The van der Waals surface area contributed by atoms with E-state index in [9.17, 15) is 9.59 Å². The molecule has 0 fully saturated rings. The number of aromatic nitrogens is 1. The summed E-state index contributed by atoms with van der Waals surface area (Å²) in [5.74, 6) is -0.537. The summed E-state index contributed by atoms with van der Waals surface area (Å²) in [6, 6.07) is 23.8. The number of amides is 1. The number of carbonyl (C=O) groups excluding carboxylic acids is 2. The number of esters is 1. The van der Waals surface area contributed by atoms with E-state index < -0.39 is 5.97 Å². The highest BCUT2D eigenvalue weighted by atomic mass is 127. The lowest BCUT2D eigenvalue weighted by Gasteiger charge is -2.27. The Morgan fingerprint density at radius 3 is 2.63 bits per heavy atom. The Balaban J connectivity index is 1.41. The SMILES string of the molecule is Cc1cc(I)ccc1NC(=O)COC(=O)c1c2c(nc3ccccc13)CCC(c1ccccc1)C2. The highest BCUT2D eigenvalue weighted by molar-refractivity contribution is 14.1. The maximum absolute atomic E-state index is 13.4. The summed E-state index contributed by atoms with van der Waals surface area (Å²) in [6.07, 6.45) is 2.50. The number of ether oxygens (including phenoxy) is 1. The molecule has 3 aromatic carbocycles. The number of nitrogens with zero attached hydrogens (tertiary/aromatic N) is 1. The van der Waals surface area contributed by atoms with E-state index in [-0.39, 0.29) is 12.5 Å². The summed E-state index contributed by atoms with van der Waals surface area (Å²) in [6.45, 7) is 1.58. The molecule has 1 N–H and O–H groups in total. The number of aryl methyl sites for hydroxylation is 2. The van der Waals surface area contributed by atoms with Gasteiger partial charge in [0.15, 0.2) is 6.61 Å². The first-order chi connectivity index (χ1) is 17.0. The minimum Gasteiger partial charge on any atom is -0.452 e. The van der Waals surface area contributed by atoms with Crippen LogP contribution in [0.1, 0.15) is 45.1 Å². The van der Waals surface area contributed by atoms with Gasteiger partial charge < -0.3 is 10.1 Å².